The molecule has 0 bridgehead atoms. The number of rotatable bonds is 7. The first-order valence-electron chi connectivity index (χ1n) is 12.5. The number of hydrogen-bond donors (Lipinski definition) is 1. The maximum Gasteiger partial charge on any atom is 0.247 e. The summed E-state index contributed by atoms with van der Waals surface area (Å²) in [6, 6.07) is 9.26. The molecular formula is C27H33N3O4S. The van der Waals surface area contributed by atoms with E-state index in [1.807, 2.05) is 47.4 Å². The monoisotopic (exact) mass is 495 g/mol. The molecule has 7 nitrogen and oxygen atoms in total. The van der Waals surface area contributed by atoms with Crippen molar-refractivity contribution in [2.75, 3.05) is 33.3 Å². The number of unbranched alkanes of at least 4 members (excludes halogenated alkanes) is 2. The van der Waals surface area contributed by atoms with Gasteiger partial charge in [0.1, 0.15) is 6.04 Å². The normalized spacial score (nSPS) is 31.9. The highest BCUT2D eigenvalue weighted by atomic mass is 32.2. The Balaban J connectivity index is 1.52. The van der Waals surface area contributed by atoms with Gasteiger partial charge in [0, 0.05) is 45.1 Å². The van der Waals surface area contributed by atoms with Gasteiger partial charge in [-0.15, -0.1) is 11.8 Å². The molecule has 0 radical (unpaired) electrons. The van der Waals surface area contributed by atoms with E-state index in [0.29, 0.717) is 39.0 Å². The number of thioether (sulfide) groups is 1. The first-order valence-corrected chi connectivity index (χ1v) is 13.4. The lowest BCUT2D eigenvalue weighted by Gasteiger charge is -2.35. The second-order valence-corrected chi connectivity index (χ2v) is 11.4. The molecule has 186 valence electrons. The van der Waals surface area contributed by atoms with Crippen molar-refractivity contribution in [1.82, 2.24) is 14.7 Å². The van der Waals surface area contributed by atoms with Crippen LogP contribution in [0.4, 0.5) is 0 Å². The number of fused-ring (bicyclic) bond motifs is 2. The van der Waals surface area contributed by atoms with E-state index in [-0.39, 0.29) is 29.6 Å². The van der Waals surface area contributed by atoms with Gasteiger partial charge in [-0.1, -0.05) is 54.6 Å². The molecule has 35 heavy (non-hydrogen) atoms. The molecule has 5 rings (SSSR count). The summed E-state index contributed by atoms with van der Waals surface area (Å²) in [6.07, 6.45) is 10.3. The van der Waals surface area contributed by atoms with Gasteiger partial charge >= 0.3 is 0 Å². The average Bonchev–Trinajstić information content (AvgIpc) is 3.18. The molecule has 3 amide bonds. The van der Waals surface area contributed by atoms with Gasteiger partial charge < -0.3 is 19.8 Å². The van der Waals surface area contributed by atoms with Crippen LogP contribution in [0.3, 0.4) is 0 Å². The minimum absolute atomic E-state index is 0.0187. The number of nitrogens with zero attached hydrogens (tertiary/aromatic N) is 3. The number of amides is 3. The summed E-state index contributed by atoms with van der Waals surface area (Å²) in [7, 11) is 1.78. The molecule has 2 saturated heterocycles. The van der Waals surface area contributed by atoms with Crippen LogP contribution in [0.1, 0.15) is 24.8 Å². The minimum Gasteiger partial charge on any atom is -0.396 e. The van der Waals surface area contributed by atoms with E-state index in [4.69, 9.17) is 0 Å². The zero-order valence-electron chi connectivity index (χ0n) is 20.1. The summed E-state index contributed by atoms with van der Waals surface area (Å²) < 4.78 is -0.760. The average molecular weight is 496 g/mol. The lowest BCUT2D eigenvalue weighted by atomic mass is 9.78. The minimum atomic E-state index is -0.760. The number of benzene rings is 1. The summed E-state index contributed by atoms with van der Waals surface area (Å²) in [5, 5.41) is 9.06. The molecule has 4 aliphatic heterocycles. The molecule has 1 N–H and O–H groups in total. The Morgan fingerprint density at radius 2 is 1.80 bits per heavy atom. The van der Waals surface area contributed by atoms with Crippen LogP contribution in [0.25, 0.3) is 0 Å². The van der Waals surface area contributed by atoms with Crippen LogP contribution in [0, 0.1) is 11.8 Å². The topological polar surface area (TPSA) is 81.2 Å². The molecule has 1 aromatic rings. The summed E-state index contributed by atoms with van der Waals surface area (Å²) in [6.45, 7) is 2.06. The summed E-state index contributed by atoms with van der Waals surface area (Å²) in [5.74, 6) is -1.19. The quantitative estimate of drug-likeness (QED) is 0.463. The fourth-order valence-electron chi connectivity index (χ4n) is 6.07. The Hall–Kier alpha value is -2.58. The molecular weight excluding hydrogens is 462 g/mol. The molecule has 2 fully saturated rings. The van der Waals surface area contributed by atoms with Crippen molar-refractivity contribution in [3.8, 4) is 0 Å². The fourth-order valence-corrected chi connectivity index (χ4v) is 8.07. The van der Waals surface area contributed by atoms with Crippen LogP contribution < -0.4 is 0 Å². The number of hydrogen-bond acceptors (Lipinski definition) is 5. The van der Waals surface area contributed by atoms with Gasteiger partial charge in [0.2, 0.25) is 17.7 Å². The summed E-state index contributed by atoms with van der Waals surface area (Å²) in [4.78, 5) is 46.9. The van der Waals surface area contributed by atoms with Crippen molar-refractivity contribution in [2.45, 2.75) is 41.8 Å². The Morgan fingerprint density at radius 1 is 1.00 bits per heavy atom. The van der Waals surface area contributed by atoms with Crippen LogP contribution in [-0.4, -0.2) is 86.9 Å². The van der Waals surface area contributed by atoms with Gasteiger partial charge in [-0.2, -0.15) is 0 Å². The lowest BCUT2D eigenvalue weighted by molar-refractivity contribution is -0.144. The van der Waals surface area contributed by atoms with Crippen LogP contribution in [0.15, 0.2) is 54.6 Å². The first kappa shape index (κ1) is 24.1. The number of aliphatic hydroxyl groups is 1. The molecule has 4 heterocycles. The van der Waals surface area contributed by atoms with Crippen molar-refractivity contribution in [1.29, 1.82) is 0 Å². The highest BCUT2D eigenvalue weighted by molar-refractivity contribution is 8.02. The van der Waals surface area contributed by atoms with Crippen LogP contribution in [-0.2, 0) is 20.9 Å². The second-order valence-electron chi connectivity index (χ2n) is 9.91. The van der Waals surface area contributed by atoms with Crippen molar-refractivity contribution in [2.24, 2.45) is 11.8 Å². The van der Waals surface area contributed by atoms with Crippen molar-refractivity contribution in [3.05, 3.63) is 60.2 Å². The Labute approximate surface area is 210 Å². The lowest BCUT2D eigenvalue weighted by Crippen LogP contribution is -2.53. The van der Waals surface area contributed by atoms with Crippen LogP contribution >= 0.6 is 11.8 Å². The highest BCUT2D eigenvalue weighted by Crippen LogP contribution is 2.61. The maximum atomic E-state index is 14.2. The third-order valence-electron chi connectivity index (χ3n) is 7.72. The molecule has 5 atom stereocenters. The zero-order valence-corrected chi connectivity index (χ0v) is 20.9. The van der Waals surface area contributed by atoms with Crippen molar-refractivity contribution >= 4 is 29.5 Å². The molecule has 1 unspecified atom stereocenters. The molecule has 4 aliphatic rings. The van der Waals surface area contributed by atoms with E-state index in [9.17, 15) is 19.5 Å². The Bertz CT molecular complexity index is 1040. The number of aliphatic hydroxyl groups excluding tert-OH is 1. The van der Waals surface area contributed by atoms with Gasteiger partial charge in [-0.3, -0.25) is 14.4 Å². The van der Waals surface area contributed by atoms with Crippen LogP contribution in [0.5, 0.6) is 0 Å². The number of carbonyl (C=O) groups is 3. The van der Waals surface area contributed by atoms with E-state index in [0.717, 1.165) is 12.0 Å². The maximum absolute atomic E-state index is 14.2. The van der Waals surface area contributed by atoms with E-state index in [1.54, 1.807) is 28.6 Å². The van der Waals surface area contributed by atoms with E-state index < -0.39 is 22.6 Å². The molecule has 0 saturated carbocycles. The predicted molar refractivity (Wildman–Crippen MR) is 135 cm³/mol. The molecule has 0 aliphatic carbocycles. The molecule has 1 spiro atoms. The Kier molecular flexibility index (Phi) is 6.77. The number of carbonyl (C=O) groups excluding carboxylic acids is 3. The third-order valence-corrected chi connectivity index (χ3v) is 9.46. The SMILES string of the molecule is CN1CC=C[C@H]2S[C@]34C=CCN(Cc5ccccc5)C(=O)C3N(CCCCCO)C(=O)[C@@H]4[C@H]2C1=O. The second kappa shape index (κ2) is 9.82. The smallest absolute Gasteiger partial charge is 0.247 e. The van der Waals surface area contributed by atoms with Gasteiger partial charge in [-0.05, 0) is 24.8 Å². The Morgan fingerprint density at radius 3 is 2.57 bits per heavy atom. The van der Waals surface area contributed by atoms with Crippen LogP contribution in [0.2, 0.25) is 0 Å². The van der Waals surface area contributed by atoms with Gasteiger partial charge in [0.15, 0.2) is 0 Å². The van der Waals surface area contributed by atoms with E-state index in [1.165, 1.54) is 0 Å². The molecule has 0 aromatic heterocycles. The zero-order chi connectivity index (χ0) is 24.6. The van der Waals surface area contributed by atoms with Crippen molar-refractivity contribution in [3.63, 3.8) is 0 Å². The van der Waals surface area contributed by atoms with E-state index >= 15 is 0 Å². The third kappa shape index (κ3) is 4.10. The summed E-state index contributed by atoms with van der Waals surface area (Å²) >= 11 is 1.62. The number of likely N-dealkylation sites (N-methyl/N-ethyl adjacent to an activating group) is 1. The van der Waals surface area contributed by atoms with Crippen molar-refractivity contribution < 1.29 is 19.5 Å². The standard InChI is InChI=1S/C27H33N3O4S/c1-28-14-8-12-20-21(24(28)32)22-25(33)30(16-6-3-7-17-31)23-26(34)29(15-9-13-27(22,23)35-20)18-19-10-4-2-5-11-19/h2,4-5,8-13,20-23,31H,3,6-7,14-18H2,1H3/t20-,21+,22+,23?,27+/m1/s1. The number of likely N-dealkylation sites (tertiary alicyclic amines) is 1. The first-order chi connectivity index (χ1) is 17.0. The van der Waals surface area contributed by atoms with Gasteiger partial charge in [0.25, 0.3) is 0 Å². The van der Waals surface area contributed by atoms with Gasteiger partial charge in [0.05, 0.1) is 16.6 Å². The van der Waals surface area contributed by atoms with Gasteiger partial charge in [-0.25, -0.2) is 0 Å². The molecule has 1 aromatic carbocycles. The fraction of sp³-hybridized carbons (Fsp3) is 0.519. The predicted octanol–water partition coefficient (Wildman–Crippen LogP) is 2.07. The highest BCUT2D eigenvalue weighted by Gasteiger charge is 2.70. The molecule has 8 heteroatoms. The summed E-state index contributed by atoms with van der Waals surface area (Å²) in [5.41, 5.74) is 1.05. The van der Waals surface area contributed by atoms with E-state index in [2.05, 4.69) is 12.2 Å². The largest absolute Gasteiger partial charge is 0.396 e.